The van der Waals surface area contributed by atoms with Crippen molar-refractivity contribution in [1.82, 2.24) is 4.72 Å². The zero-order valence-corrected chi connectivity index (χ0v) is 11.6. The van der Waals surface area contributed by atoms with Gasteiger partial charge in [-0.15, -0.1) is 11.3 Å². The molecule has 6 nitrogen and oxygen atoms in total. The van der Waals surface area contributed by atoms with E-state index < -0.39 is 21.5 Å². The first kappa shape index (κ1) is 14.6. The Balaban J connectivity index is 2.95. The third-order valence-corrected chi connectivity index (χ3v) is 5.16. The van der Waals surface area contributed by atoms with Gasteiger partial charge in [0.25, 0.3) is 10.0 Å². The molecule has 1 rings (SSSR count). The van der Waals surface area contributed by atoms with Crippen LogP contribution in [-0.2, 0) is 14.8 Å². The topological polar surface area (TPSA) is 113 Å². The summed E-state index contributed by atoms with van der Waals surface area (Å²) in [6, 6.07) is 4.65. The number of rotatable bonds is 5. The van der Waals surface area contributed by atoms with Crippen LogP contribution in [0.1, 0.15) is 25.1 Å². The lowest BCUT2D eigenvalue weighted by Crippen LogP contribution is -2.45. The zero-order chi connectivity index (χ0) is 14.0. The van der Waals surface area contributed by atoms with Crippen LogP contribution in [0.25, 0.3) is 0 Å². The average molecular weight is 287 g/mol. The summed E-state index contributed by atoms with van der Waals surface area (Å²) < 4.78 is 26.4. The molecule has 0 aliphatic carbocycles. The van der Waals surface area contributed by atoms with E-state index >= 15 is 0 Å². The summed E-state index contributed by atoms with van der Waals surface area (Å²) in [6.45, 7) is 3.13. The Morgan fingerprint density at radius 3 is 2.61 bits per heavy atom. The molecule has 0 radical (unpaired) electrons. The zero-order valence-electron chi connectivity index (χ0n) is 9.93. The lowest BCUT2D eigenvalue weighted by Gasteiger charge is -2.23. The summed E-state index contributed by atoms with van der Waals surface area (Å²) >= 11 is 0.872. The van der Waals surface area contributed by atoms with Gasteiger partial charge in [0.1, 0.15) is 15.2 Å². The minimum absolute atomic E-state index is 0.0385. The third kappa shape index (κ3) is 3.80. The number of carbonyl (C=O) groups is 1. The molecule has 1 aromatic heterocycles. The van der Waals surface area contributed by atoms with E-state index in [0.29, 0.717) is 4.88 Å². The number of hydrogen-bond donors (Lipinski definition) is 2. The van der Waals surface area contributed by atoms with E-state index in [0.717, 1.165) is 11.3 Å². The van der Waals surface area contributed by atoms with Gasteiger partial charge in [0.15, 0.2) is 0 Å². The van der Waals surface area contributed by atoms with E-state index in [-0.39, 0.29) is 10.6 Å². The Hall–Kier alpha value is -1.43. The fraction of sp³-hybridized carbons (Fsp3) is 0.400. The standard InChI is InChI=1S/C10H13N3O3S2/c1-10(2,5-8(12)14)13-18(15,16)9-4-3-7(6-11)17-9/h3-4,13H,5H2,1-2H3,(H2,12,14). The molecule has 1 heterocycles. The van der Waals surface area contributed by atoms with Gasteiger partial charge in [-0.1, -0.05) is 0 Å². The number of thiophene rings is 1. The highest BCUT2D eigenvalue weighted by molar-refractivity contribution is 7.91. The van der Waals surface area contributed by atoms with Crippen LogP contribution < -0.4 is 10.5 Å². The third-order valence-electron chi connectivity index (χ3n) is 1.98. The van der Waals surface area contributed by atoms with Crippen LogP contribution >= 0.6 is 11.3 Å². The van der Waals surface area contributed by atoms with E-state index in [9.17, 15) is 13.2 Å². The van der Waals surface area contributed by atoms with E-state index in [1.165, 1.54) is 12.1 Å². The molecule has 3 N–H and O–H groups in total. The quantitative estimate of drug-likeness (QED) is 0.823. The largest absolute Gasteiger partial charge is 0.370 e. The molecule has 0 aliphatic heterocycles. The van der Waals surface area contributed by atoms with Crippen molar-refractivity contribution in [2.24, 2.45) is 5.73 Å². The van der Waals surface area contributed by atoms with Crippen molar-refractivity contribution in [3.8, 4) is 6.07 Å². The van der Waals surface area contributed by atoms with Gasteiger partial charge in [0.05, 0.1) is 0 Å². The average Bonchev–Trinajstić information content (AvgIpc) is 2.61. The SMILES string of the molecule is CC(C)(CC(N)=O)NS(=O)(=O)c1ccc(C#N)s1. The Morgan fingerprint density at radius 1 is 1.56 bits per heavy atom. The van der Waals surface area contributed by atoms with E-state index in [1.807, 2.05) is 6.07 Å². The van der Waals surface area contributed by atoms with Crippen molar-refractivity contribution in [3.63, 3.8) is 0 Å². The summed E-state index contributed by atoms with van der Waals surface area (Å²) in [6.07, 6.45) is -0.108. The van der Waals surface area contributed by atoms with Gasteiger partial charge in [-0.3, -0.25) is 4.79 Å². The van der Waals surface area contributed by atoms with Crippen LogP contribution in [0.4, 0.5) is 0 Å². The van der Waals surface area contributed by atoms with Gasteiger partial charge in [0, 0.05) is 12.0 Å². The minimum atomic E-state index is -3.74. The summed E-state index contributed by atoms with van der Waals surface area (Å²) in [5, 5.41) is 8.65. The van der Waals surface area contributed by atoms with Crippen LogP contribution in [0, 0.1) is 11.3 Å². The number of primary amides is 1. The van der Waals surface area contributed by atoms with Crippen molar-refractivity contribution in [1.29, 1.82) is 5.26 Å². The fourth-order valence-electron chi connectivity index (χ4n) is 1.41. The van der Waals surface area contributed by atoms with Gasteiger partial charge in [0.2, 0.25) is 5.91 Å². The van der Waals surface area contributed by atoms with E-state index in [4.69, 9.17) is 11.0 Å². The van der Waals surface area contributed by atoms with Gasteiger partial charge < -0.3 is 5.73 Å². The molecule has 98 valence electrons. The van der Waals surface area contributed by atoms with Crippen LogP contribution in [-0.4, -0.2) is 19.9 Å². The second-order valence-corrected chi connectivity index (χ2v) is 7.36. The summed E-state index contributed by atoms with van der Waals surface area (Å²) in [5.74, 6) is -0.591. The van der Waals surface area contributed by atoms with E-state index in [2.05, 4.69) is 4.72 Å². The molecule has 0 spiro atoms. The first-order valence-corrected chi connectivity index (χ1v) is 7.28. The number of nitriles is 1. The molecule has 0 aliphatic rings. The van der Waals surface area contributed by atoms with Crippen LogP contribution in [0.5, 0.6) is 0 Å². The van der Waals surface area contributed by atoms with Crippen LogP contribution in [0.2, 0.25) is 0 Å². The number of nitrogens with two attached hydrogens (primary N) is 1. The Kier molecular flexibility index (Phi) is 4.11. The Morgan fingerprint density at radius 2 is 2.17 bits per heavy atom. The van der Waals surface area contributed by atoms with Crippen molar-refractivity contribution >= 4 is 27.3 Å². The fourth-order valence-corrected chi connectivity index (χ4v) is 3.93. The maximum absolute atomic E-state index is 12.0. The van der Waals surface area contributed by atoms with Gasteiger partial charge >= 0.3 is 0 Å². The molecule has 1 amide bonds. The second-order valence-electron chi connectivity index (χ2n) is 4.36. The molecule has 0 saturated heterocycles. The highest BCUT2D eigenvalue weighted by atomic mass is 32.2. The number of hydrogen-bond acceptors (Lipinski definition) is 5. The van der Waals surface area contributed by atoms with Crippen LogP contribution in [0.15, 0.2) is 16.3 Å². The summed E-state index contributed by atoms with van der Waals surface area (Å²) in [7, 11) is -3.74. The number of nitrogens with one attached hydrogen (secondary N) is 1. The lowest BCUT2D eigenvalue weighted by atomic mass is 10.0. The van der Waals surface area contributed by atoms with Crippen molar-refractivity contribution in [2.75, 3.05) is 0 Å². The van der Waals surface area contributed by atoms with Crippen LogP contribution in [0.3, 0.4) is 0 Å². The molecular formula is C10H13N3O3S2. The van der Waals surface area contributed by atoms with E-state index in [1.54, 1.807) is 13.8 Å². The molecule has 0 fully saturated rings. The molecule has 18 heavy (non-hydrogen) atoms. The molecule has 1 aromatic rings. The maximum Gasteiger partial charge on any atom is 0.250 e. The lowest BCUT2D eigenvalue weighted by molar-refractivity contribution is -0.119. The minimum Gasteiger partial charge on any atom is -0.370 e. The molecular weight excluding hydrogens is 274 g/mol. The molecule has 8 heteroatoms. The second kappa shape index (κ2) is 5.06. The molecule has 0 bridgehead atoms. The highest BCUT2D eigenvalue weighted by Gasteiger charge is 2.28. The molecule has 0 unspecified atom stereocenters. The Bertz CT molecular complexity index is 596. The predicted octanol–water partition coefficient (Wildman–Crippen LogP) is 0.552. The smallest absolute Gasteiger partial charge is 0.250 e. The maximum atomic E-state index is 12.0. The highest BCUT2D eigenvalue weighted by Crippen LogP contribution is 2.22. The first-order chi connectivity index (χ1) is 8.16. The Labute approximate surface area is 109 Å². The molecule has 0 aromatic carbocycles. The van der Waals surface area contributed by atoms with Gasteiger partial charge in [-0.05, 0) is 26.0 Å². The molecule has 0 saturated carbocycles. The summed E-state index contributed by atoms with van der Waals surface area (Å²) in [4.78, 5) is 11.1. The van der Waals surface area contributed by atoms with Crippen molar-refractivity contribution in [3.05, 3.63) is 17.0 Å². The predicted molar refractivity (Wildman–Crippen MR) is 67.2 cm³/mol. The monoisotopic (exact) mass is 287 g/mol. The first-order valence-electron chi connectivity index (χ1n) is 4.98. The van der Waals surface area contributed by atoms with Gasteiger partial charge in [-0.25, -0.2) is 13.1 Å². The normalized spacial score (nSPS) is 12.1. The number of nitrogens with zero attached hydrogens (tertiary/aromatic N) is 1. The van der Waals surface area contributed by atoms with Gasteiger partial charge in [-0.2, -0.15) is 5.26 Å². The number of amides is 1. The van der Waals surface area contributed by atoms with Crippen molar-refractivity contribution < 1.29 is 13.2 Å². The molecule has 0 atom stereocenters. The summed E-state index contributed by atoms with van der Waals surface area (Å²) in [5.41, 5.74) is 4.08. The van der Waals surface area contributed by atoms with Crippen molar-refractivity contribution in [2.45, 2.75) is 30.0 Å². The number of sulfonamides is 1. The number of carbonyl (C=O) groups excluding carboxylic acids is 1.